The summed E-state index contributed by atoms with van der Waals surface area (Å²) < 4.78 is 4.59. The molecule has 3 aliphatic heterocycles. The van der Waals surface area contributed by atoms with E-state index in [1.807, 2.05) is 44.2 Å². The van der Waals surface area contributed by atoms with Crippen molar-refractivity contribution in [3.8, 4) is 0 Å². The quantitative estimate of drug-likeness (QED) is 0.490. The number of allylic oxidation sites excluding steroid dienone is 1. The predicted molar refractivity (Wildman–Crippen MR) is 128 cm³/mol. The first-order chi connectivity index (χ1) is 15.8. The molecule has 5 rings (SSSR count). The van der Waals surface area contributed by atoms with Crippen molar-refractivity contribution < 1.29 is 19.4 Å². The number of hydrogen-bond donors (Lipinski definition) is 1. The molecule has 1 saturated carbocycles. The van der Waals surface area contributed by atoms with Crippen molar-refractivity contribution in [1.82, 2.24) is 9.80 Å². The zero-order valence-electron chi connectivity index (χ0n) is 19.4. The molecule has 4 aliphatic rings. The molecule has 0 spiro atoms. The molecule has 1 aromatic rings. The summed E-state index contributed by atoms with van der Waals surface area (Å²) in [7, 11) is 1.37. The topological polar surface area (TPSA) is 70.1 Å². The lowest BCUT2D eigenvalue weighted by molar-refractivity contribution is -0.167. The van der Waals surface area contributed by atoms with Crippen molar-refractivity contribution in [1.29, 1.82) is 0 Å². The van der Waals surface area contributed by atoms with Crippen LogP contribution in [0.25, 0.3) is 0 Å². The van der Waals surface area contributed by atoms with E-state index < -0.39 is 16.9 Å². The summed E-state index contributed by atoms with van der Waals surface area (Å²) in [6.45, 7) is 4.62. The van der Waals surface area contributed by atoms with Crippen molar-refractivity contribution >= 4 is 23.6 Å². The van der Waals surface area contributed by atoms with Gasteiger partial charge in [0.2, 0.25) is 5.91 Å². The molecule has 1 aromatic carbocycles. The fourth-order valence-corrected chi connectivity index (χ4v) is 7.03. The lowest BCUT2D eigenvalue weighted by atomic mass is 9.93. The maximum absolute atomic E-state index is 13.4. The Kier molecular flexibility index (Phi) is 5.91. The third-order valence-corrected chi connectivity index (χ3v) is 8.77. The Morgan fingerprint density at radius 2 is 2.03 bits per heavy atom. The van der Waals surface area contributed by atoms with Crippen LogP contribution in [0, 0.1) is 5.92 Å². The highest BCUT2D eigenvalue weighted by molar-refractivity contribution is 8.01. The van der Waals surface area contributed by atoms with E-state index in [-0.39, 0.29) is 29.3 Å². The number of fused-ring (bicyclic) bond motifs is 1. The molecule has 176 valence electrons. The largest absolute Gasteiger partial charge is 0.467 e. The molecule has 3 heterocycles. The number of hydrogen-bond acceptors (Lipinski definition) is 6. The molecule has 5 atom stereocenters. The Bertz CT molecular complexity index is 987. The molecule has 1 amide bonds. The van der Waals surface area contributed by atoms with E-state index in [9.17, 15) is 14.7 Å². The first-order valence-corrected chi connectivity index (χ1v) is 12.6. The first kappa shape index (κ1) is 22.7. The second kappa shape index (κ2) is 8.60. The summed E-state index contributed by atoms with van der Waals surface area (Å²) in [6, 6.07) is 8.77. The van der Waals surface area contributed by atoms with E-state index in [1.165, 1.54) is 20.0 Å². The van der Waals surface area contributed by atoms with Crippen molar-refractivity contribution in [3.63, 3.8) is 0 Å². The molecule has 0 bridgehead atoms. The maximum Gasteiger partial charge on any atom is 0.330 e. The first-order valence-electron chi connectivity index (χ1n) is 11.7. The smallest absolute Gasteiger partial charge is 0.330 e. The number of aliphatic hydroxyl groups excluding tert-OH is 1. The Hall–Kier alpha value is -2.09. The number of ether oxygens (including phenoxy) is 1. The molecule has 2 saturated heterocycles. The number of aliphatic hydroxyl groups is 1. The van der Waals surface area contributed by atoms with Gasteiger partial charge in [-0.15, -0.1) is 11.8 Å². The summed E-state index contributed by atoms with van der Waals surface area (Å²) in [5, 5.41) is 11.1. The van der Waals surface area contributed by atoms with E-state index >= 15 is 0 Å². The van der Waals surface area contributed by atoms with Gasteiger partial charge in [0.1, 0.15) is 17.5 Å². The summed E-state index contributed by atoms with van der Waals surface area (Å²) in [5.74, 6) is 0.252. The van der Waals surface area contributed by atoms with E-state index in [1.54, 1.807) is 16.7 Å². The van der Waals surface area contributed by atoms with Crippen LogP contribution in [0.3, 0.4) is 0 Å². The number of rotatable bonds is 7. The average Bonchev–Trinajstić information content (AvgIpc) is 3.48. The van der Waals surface area contributed by atoms with E-state index in [0.717, 1.165) is 11.1 Å². The minimum Gasteiger partial charge on any atom is -0.467 e. The lowest BCUT2D eigenvalue weighted by Crippen LogP contribution is -2.72. The zero-order valence-corrected chi connectivity index (χ0v) is 20.2. The van der Waals surface area contributed by atoms with Crippen molar-refractivity contribution in [2.45, 2.75) is 67.5 Å². The second-order valence-electron chi connectivity index (χ2n) is 10.1. The number of β-lactam (4-membered cyclic amide) rings is 1. The molecule has 33 heavy (non-hydrogen) atoms. The Morgan fingerprint density at radius 3 is 2.70 bits per heavy atom. The Balaban J connectivity index is 1.38. The predicted octanol–water partition coefficient (Wildman–Crippen LogP) is 2.77. The van der Waals surface area contributed by atoms with Crippen molar-refractivity contribution in [3.05, 3.63) is 59.7 Å². The van der Waals surface area contributed by atoms with Gasteiger partial charge in [0.05, 0.1) is 19.3 Å². The number of nitrogens with zero attached hydrogens (tertiary/aromatic N) is 2. The molecule has 0 radical (unpaired) electrons. The molecule has 0 unspecified atom stereocenters. The SMILES string of the molecule is COC(=O)[C@@H]1N2C(=O)[C@@H](N3CC(/C=C/C4CC4)=C[C@@H]3[C@@H](O)Cc3ccccc3)[C@H]2SC1(C)C. The molecule has 1 aliphatic carbocycles. The molecular formula is C26H32N2O4S. The number of esters is 1. The van der Waals surface area contributed by atoms with Gasteiger partial charge in [-0.3, -0.25) is 9.69 Å². The van der Waals surface area contributed by atoms with Crippen molar-refractivity contribution in [2.75, 3.05) is 13.7 Å². The molecule has 7 heteroatoms. The van der Waals surface area contributed by atoms with Crippen molar-refractivity contribution in [2.24, 2.45) is 5.92 Å². The Labute approximate surface area is 199 Å². The number of carbonyl (C=O) groups is 2. The van der Waals surface area contributed by atoms with E-state index in [0.29, 0.717) is 18.9 Å². The van der Waals surface area contributed by atoms with Crippen LogP contribution in [0.15, 0.2) is 54.1 Å². The van der Waals surface area contributed by atoms with Crippen LogP contribution in [0.2, 0.25) is 0 Å². The molecule has 0 aromatic heterocycles. The minimum atomic E-state index is -0.628. The highest BCUT2D eigenvalue weighted by Gasteiger charge is 2.66. The van der Waals surface area contributed by atoms with Gasteiger partial charge >= 0.3 is 5.97 Å². The molecule has 1 N–H and O–H groups in total. The lowest BCUT2D eigenvalue weighted by Gasteiger charge is -2.49. The van der Waals surface area contributed by atoms with Gasteiger partial charge in [-0.25, -0.2) is 4.79 Å². The van der Waals surface area contributed by atoms with Gasteiger partial charge in [0.25, 0.3) is 0 Å². The maximum atomic E-state index is 13.4. The number of benzene rings is 1. The third kappa shape index (κ3) is 4.15. The van der Waals surface area contributed by atoms with Crippen LogP contribution in [0.5, 0.6) is 0 Å². The van der Waals surface area contributed by atoms with Crippen LogP contribution in [0.1, 0.15) is 32.3 Å². The molecule has 3 fully saturated rings. The normalized spacial score (nSPS) is 31.9. The van der Waals surface area contributed by atoms with Crippen LogP contribution < -0.4 is 0 Å². The van der Waals surface area contributed by atoms with E-state index in [2.05, 4.69) is 23.1 Å². The van der Waals surface area contributed by atoms with Gasteiger partial charge in [0, 0.05) is 17.7 Å². The number of amides is 1. The summed E-state index contributed by atoms with van der Waals surface area (Å²) >= 11 is 1.66. The Morgan fingerprint density at radius 1 is 1.30 bits per heavy atom. The number of methoxy groups -OCH3 is 1. The van der Waals surface area contributed by atoms with Crippen LogP contribution in [-0.2, 0) is 20.7 Å². The third-order valence-electron chi connectivity index (χ3n) is 7.21. The number of carbonyl (C=O) groups excluding carboxylic acids is 2. The summed E-state index contributed by atoms with van der Waals surface area (Å²) in [5.41, 5.74) is 2.22. The zero-order chi connectivity index (χ0) is 23.3. The number of thioether (sulfide) groups is 1. The fraction of sp³-hybridized carbons (Fsp3) is 0.538. The van der Waals surface area contributed by atoms with Crippen LogP contribution in [-0.4, -0.2) is 74.8 Å². The molecular weight excluding hydrogens is 436 g/mol. The average molecular weight is 469 g/mol. The monoisotopic (exact) mass is 468 g/mol. The van der Waals surface area contributed by atoms with E-state index in [4.69, 9.17) is 4.74 Å². The van der Waals surface area contributed by atoms with Gasteiger partial charge < -0.3 is 14.7 Å². The fourth-order valence-electron chi connectivity index (χ4n) is 5.32. The standard InChI is InChI=1S/C26H32N2O4S/c1-26(2)22(25(31)32-3)28-23(30)21(24(28)33-26)27-15-18(12-11-16-9-10-16)13-19(27)20(29)14-17-7-5-4-6-8-17/h4-8,11-13,16,19-22,24,29H,9-10,14-15H2,1-3H3/b12-11+/t19-,20+,21-,22+,24-/m1/s1. The van der Waals surface area contributed by atoms with Gasteiger partial charge in [0.15, 0.2) is 0 Å². The highest BCUT2D eigenvalue weighted by atomic mass is 32.2. The second-order valence-corrected chi connectivity index (χ2v) is 11.9. The minimum absolute atomic E-state index is 0.0498. The highest BCUT2D eigenvalue weighted by Crippen LogP contribution is 2.53. The van der Waals surface area contributed by atoms with Crippen LogP contribution >= 0.6 is 11.8 Å². The van der Waals surface area contributed by atoms with Gasteiger partial charge in [-0.1, -0.05) is 48.6 Å². The molecule has 6 nitrogen and oxygen atoms in total. The summed E-state index contributed by atoms with van der Waals surface area (Å²) in [4.78, 5) is 29.7. The van der Waals surface area contributed by atoms with Crippen LogP contribution in [0.4, 0.5) is 0 Å². The van der Waals surface area contributed by atoms with Gasteiger partial charge in [-0.2, -0.15) is 0 Å². The van der Waals surface area contributed by atoms with Gasteiger partial charge in [-0.05, 0) is 43.7 Å². The summed E-state index contributed by atoms with van der Waals surface area (Å²) in [6.07, 6.45) is 8.94.